The molecule has 6 nitrogen and oxygen atoms in total. The molecule has 1 aliphatic heterocycles. The molecule has 0 radical (unpaired) electrons. The van der Waals surface area contributed by atoms with E-state index < -0.39 is 12.0 Å². The van der Waals surface area contributed by atoms with E-state index in [9.17, 15) is 19.5 Å². The summed E-state index contributed by atoms with van der Waals surface area (Å²) in [6.07, 6.45) is 0.0894. The minimum Gasteiger partial charge on any atom is -0.480 e. The molecule has 6 heteroatoms. The fourth-order valence-electron chi connectivity index (χ4n) is 2.73. The first-order chi connectivity index (χ1) is 10.9. The van der Waals surface area contributed by atoms with Crippen LogP contribution in [-0.4, -0.2) is 53.5 Å². The van der Waals surface area contributed by atoms with Gasteiger partial charge in [-0.05, 0) is 6.92 Å². The Morgan fingerprint density at radius 3 is 2.43 bits per heavy atom. The van der Waals surface area contributed by atoms with Gasteiger partial charge in [0.1, 0.15) is 6.04 Å². The van der Waals surface area contributed by atoms with Gasteiger partial charge < -0.3 is 14.7 Å². The largest absolute Gasteiger partial charge is 0.480 e. The molecule has 0 spiro atoms. The minimum absolute atomic E-state index is 0.00687. The van der Waals surface area contributed by atoms with Gasteiger partial charge >= 0.3 is 5.97 Å². The van der Waals surface area contributed by atoms with Crippen LogP contribution < -0.4 is 0 Å². The van der Waals surface area contributed by atoms with Crippen molar-refractivity contribution in [3.05, 3.63) is 35.4 Å². The van der Waals surface area contributed by atoms with Crippen molar-refractivity contribution < 1.29 is 24.2 Å². The van der Waals surface area contributed by atoms with Gasteiger partial charge in [0.05, 0.1) is 6.10 Å². The molecule has 0 aliphatic carbocycles. The molecule has 1 aliphatic rings. The summed E-state index contributed by atoms with van der Waals surface area (Å²) >= 11 is 0. The third kappa shape index (κ3) is 4.16. The Hall–Kier alpha value is -2.21. The maximum atomic E-state index is 12.3. The van der Waals surface area contributed by atoms with E-state index >= 15 is 0 Å². The smallest absolute Gasteiger partial charge is 0.326 e. The van der Waals surface area contributed by atoms with Gasteiger partial charge in [-0.1, -0.05) is 29.8 Å². The molecular formula is C17H21NO5. The van der Waals surface area contributed by atoms with Gasteiger partial charge in [-0.15, -0.1) is 0 Å². The Labute approximate surface area is 135 Å². The fourth-order valence-corrected chi connectivity index (χ4v) is 2.73. The highest BCUT2D eigenvalue weighted by molar-refractivity contribution is 5.98. The van der Waals surface area contributed by atoms with E-state index in [0.717, 1.165) is 5.56 Å². The van der Waals surface area contributed by atoms with E-state index in [1.807, 2.05) is 19.1 Å². The monoisotopic (exact) mass is 319 g/mol. The fraction of sp³-hybridized carbons (Fsp3) is 0.471. The van der Waals surface area contributed by atoms with Crippen LogP contribution in [0.4, 0.5) is 0 Å². The van der Waals surface area contributed by atoms with Gasteiger partial charge in [0.25, 0.3) is 0 Å². The molecule has 2 atom stereocenters. The molecule has 23 heavy (non-hydrogen) atoms. The van der Waals surface area contributed by atoms with E-state index in [2.05, 4.69) is 0 Å². The minimum atomic E-state index is -1.04. The number of carboxylic acids is 1. The van der Waals surface area contributed by atoms with Crippen molar-refractivity contribution in [1.29, 1.82) is 0 Å². The van der Waals surface area contributed by atoms with Crippen molar-refractivity contribution >= 4 is 17.7 Å². The zero-order valence-corrected chi connectivity index (χ0v) is 13.3. The Bertz CT molecular complexity index is 596. The molecule has 1 fully saturated rings. The Kier molecular flexibility index (Phi) is 5.50. The van der Waals surface area contributed by atoms with Gasteiger partial charge in [-0.2, -0.15) is 0 Å². The topological polar surface area (TPSA) is 83.9 Å². The molecular weight excluding hydrogens is 298 g/mol. The van der Waals surface area contributed by atoms with Crippen molar-refractivity contribution in [3.8, 4) is 0 Å². The number of carbonyl (C=O) groups is 3. The molecule has 1 amide bonds. The zero-order valence-electron chi connectivity index (χ0n) is 13.3. The van der Waals surface area contributed by atoms with Crippen molar-refractivity contribution in [2.75, 3.05) is 13.7 Å². The van der Waals surface area contributed by atoms with E-state index in [-0.39, 0.29) is 43.6 Å². The van der Waals surface area contributed by atoms with E-state index in [4.69, 9.17) is 4.74 Å². The molecule has 1 aromatic rings. The summed E-state index contributed by atoms with van der Waals surface area (Å²) in [5.41, 5.74) is 1.62. The average molecular weight is 319 g/mol. The highest BCUT2D eigenvalue weighted by atomic mass is 16.5. The Morgan fingerprint density at radius 2 is 1.87 bits per heavy atom. The number of likely N-dealkylation sites (tertiary alicyclic amines) is 1. The van der Waals surface area contributed by atoms with Crippen molar-refractivity contribution in [2.45, 2.75) is 38.3 Å². The maximum absolute atomic E-state index is 12.3. The number of benzene rings is 1. The number of methoxy groups -OCH3 is 1. The first-order valence-corrected chi connectivity index (χ1v) is 7.57. The lowest BCUT2D eigenvalue weighted by atomic mass is 10.0. The van der Waals surface area contributed by atoms with Gasteiger partial charge in [0.2, 0.25) is 5.91 Å². The number of Topliss-reactive ketones (excluding diaryl/α,β-unsaturated/α-hetero) is 1. The van der Waals surface area contributed by atoms with Crippen LogP contribution in [0, 0.1) is 6.92 Å². The molecule has 1 saturated heterocycles. The third-order valence-corrected chi connectivity index (χ3v) is 4.14. The molecule has 2 rings (SSSR count). The van der Waals surface area contributed by atoms with Crippen LogP contribution in [0.1, 0.15) is 35.2 Å². The summed E-state index contributed by atoms with van der Waals surface area (Å²) < 4.78 is 5.15. The summed E-state index contributed by atoms with van der Waals surface area (Å²) in [5.74, 6) is -1.48. The number of nitrogens with zero attached hydrogens (tertiary/aromatic N) is 1. The zero-order chi connectivity index (χ0) is 17.0. The van der Waals surface area contributed by atoms with Crippen LogP contribution in [0.3, 0.4) is 0 Å². The van der Waals surface area contributed by atoms with Crippen molar-refractivity contribution in [3.63, 3.8) is 0 Å². The summed E-state index contributed by atoms with van der Waals surface area (Å²) in [6.45, 7) is 2.19. The van der Waals surface area contributed by atoms with Crippen LogP contribution in [-0.2, 0) is 14.3 Å². The number of rotatable bonds is 6. The van der Waals surface area contributed by atoms with Crippen LogP contribution in [0.25, 0.3) is 0 Å². The second kappa shape index (κ2) is 7.37. The van der Waals surface area contributed by atoms with E-state index in [1.54, 1.807) is 12.1 Å². The number of amides is 1. The first-order valence-electron chi connectivity index (χ1n) is 7.57. The number of aryl methyl sites for hydroxylation is 1. The summed E-state index contributed by atoms with van der Waals surface area (Å²) in [5, 5.41) is 9.21. The Morgan fingerprint density at radius 1 is 1.22 bits per heavy atom. The number of hydrogen-bond donors (Lipinski definition) is 1. The number of hydrogen-bond acceptors (Lipinski definition) is 4. The normalized spacial score (nSPS) is 20.5. The molecule has 124 valence electrons. The highest BCUT2D eigenvalue weighted by Crippen LogP contribution is 2.22. The Balaban J connectivity index is 1.94. The first kappa shape index (κ1) is 17.1. The van der Waals surface area contributed by atoms with Gasteiger partial charge in [0, 0.05) is 38.5 Å². The number of ether oxygens (including phenoxy) is 1. The highest BCUT2D eigenvalue weighted by Gasteiger charge is 2.39. The molecule has 1 heterocycles. The summed E-state index contributed by atoms with van der Waals surface area (Å²) in [6, 6.07) is 6.29. The molecule has 0 aromatic heterocycles. The summed E-state index contributed by atoms with van der Waals surface area (Å²) in [7, 11) is 1.50. The lowest BCUT2D eigenvalue weighted by Gasteiger charge is -2.21. The maximum Gasteiger partial charge on any atom is 0.326 e. The quantitative estimate of drug-likeness (QED) is 0.806. The van der Waals surface area contributed by atoms with Crippen LogP contribution in [0.5, 0.6) is 0 Å². The van der Waals surface area contributed by atoms with Gasteiger partial charge in [-0.25, -0.2) is 4.79 Å². The number of aliphatic carboxylic acids is 1. The predicted octanol–water partition coefficient (Wildman–Crippen LogP) is 1.66. The average Bonchev–Trinajstić information content (AvgIpc) is 2.97. The van der Waals surface area contributed by atoms with Gasteiger partial charge in [0.15, 0.2) is 5.78 Å². The van der Waals surface area contributed by atoms with Crippen molar-refractivity contribution in [1.82, 2.24) is 4.90 Å². The second-order valence-electron chi connectivity index (χ2n) is 5.78. The van der Waals surface area contributed by atoms with Crippen LogP contribution in [0.2, 0.25) is 0 Å². The molecule has 2 unspecified atom stereocenters. The lowest BCUT2D eigenvalue weighted by Crippen LogP contribution is -2.40. The number of carbonyl (C=O) groups excluding carboxylic acids is 2. The third-order valence-electron chi connectivity index (χ3n) is 4.14. The molecule has 1 N–H and O–H groups in total. The van der Waals surface area contributed by atoms with E-state index in [0.29, 0.717) is 5.56 Å². The van der Waals surface area contributed by atoms with E-state index in [1.165, 1.54) is 12.0 Å². The standard InChI is InChI=1S/C17H21NO5/c1-11-3-5-12(6-4-11)15(19)7-8-16(20)18-10-13(23-2)9-14(18)17(21)22/h3-6,13-14H,7-10H2,1-2H3,(H,21,22). The molecule has 0 bridgehead atoms. The lowest BCUT2D eigenvalue weighted by molar-refractivity contribution is -0.148. The molecule has 1 aromatic carbocycles. The number of carboxylic acid groups (broad SMARTS) is 1. The van der Waals surface area contributed by atoms with Crippen LogP contribution >= 0.6 is 0 Å². The van der Waals surface area contributed by atoms with Gasteiger partial charge in [-0.3, -0.25) is 9.59 Å². The second-order valence-corrected chi connectivity index (χ2v) is 5.78. The van der Waals surface area contributed by atoms with Crippen LogP contribution in [0.15, 0.2) is 24.3 Å². The van der Waals surface area contributed by atoms with Crippen molar-refractivity contribution in [2.24, 2.45) is 0 Å². The SMILES string of the molecule is COC1CC(C(=O)O)N(C(=O)CCC(=O)c2ccc(C)cc2)C1. The number of ketones is 1. The summed E-state index contributed by atoms with van der Waals surface area (Å²) in [4.78, 5) is 36.9. The molecule has 0 saturated carbocycles. The predicted molar refractivity (Wildman–Crippen MR) is 83.3 cm³/mol.